The Morgan fingerprint density at radius 3 is 2.42 bits per heavy atom. The summed E-state index contributed by atoms with van der Waals surface area (Å²) in [5.41, 5.74) is 4.20. The Kier molecular flexibility index (Phi) is 5.06. The third-order valence-electron chi connectivity index (χ3n) is 3.60. The van der Waals surface area contributed by atoms with E-state index < -0.39 is 0 Å². The first-order valence-electron chi connectivity index (χ1n) is 7.67. The van der Waals surface area contributed by atoms with Gasteiger partial charge in [0.2, 0.25) is 0 Å². The number of rotatable bonds is 4. The summed E-state index contributed by atoms with van der Waals surface area (Å²) in [5.74, 6) is -0.357. The molecule has 1 aromatic heterocycles. The SMILES string of the molecule is CCOC(=O)c1cnc(-c2ccc(Br)cc2)c(-c2ccccc2)c1. The highest BCUT2D eigenvalue weighted by molar-refractivity contribution is 9.10. The van der Waals surface area contributed by atoms with Crippen LogP contribution in [0.1, 0.15) is 17.3 Å². The zero-order chi connectivity index (χ0) is 16.9. The van der Waals surface area contributed by atoms with Crippen molar-refractivity contribution in [3.8, 4) is 22.4 Å². The minimum atomic E-state index is -0.357. The third-order valence-corrected chi connectivity index (χ3v) is 4.13. The Morgan fingerprint density at radius 2 is 1.75 bits per heavy atom. The van der Waals surface area contributed by atoms with Gasteiger partial charge in [-0.05, 0) is 30.7 Å². The van der Waals surface area contributed by atoms with Crippen LogP contribution in [0.15, 0.2) is 71.3 Å². The van der Waals surface area contributed by atoms with Crippen molar-refractivity contribution in [1.29, 1.82) is 0 Å². The van der Waals surface area contributed by atoms with Gasteiger partial charge in [-0.3, -0.25) is 4.98 Å². The van der Waals surface area contributed by atoms with Crippen LogP contribution >= 0.6 is 15.9 Å². The number of nitrogens with zero attached hydrogens (tertiary/aromatic N) is 1. The van der Waals surface area contributed by atoms with Gasteiger partial charge in [0.05, 0.1) is 17.9 Å². The van der Waals surface area contributed by atoms with Crippen molar-refractivity contribution >= 4 is 21.9 Å². The summed E-state index contributed by atoms with van der Waals surface area (Å²) in [6, 6.07) is 19.7. The molecule has 2 aromatic carbocycles. The van der Waals surface area contributed by atoms with E-state index in [2.05, 4.69) is 20.9 Å². The quantitative estimate of drug-likeness (QED) is 0.571. The lowest BCUT2D eigenvalue weighted by molar-refractivity contribution is 0.0526. The van der Waals surface area contributed by atoms with E-state index in [0.29, 0.717) is 12.2 Å². The molecule has 0 N–H and O–H groups in total. The number of esters is 1. The van der Waals surface area contributed by atoms with Crippen LogP contribution in [0.5, 0.6) is 0 Å². The summed E-state index contributed by atoms with van der Waals surface area (Å²) >= 11 is 3.45. The minimum Gasteiger partial charge on any atom is -0.462 e. The van der Waals surface area contributed by atoms with E-state index in [-0.39, 0.29) is 5.97 Å². The Labute approximate surface area is 149 Å². The number of pyridine rings is 1. The molecule has 0 aliphatic rings. The zero-order valence-electron chi connectivity index (χ0n) is 13.2. The van der Waals surface area contributed by atoms with Gasteiger partial charge in [0.25, 0.3) is 0 Å². The van der Waals surface area contributed by atoms with E-state index in [0.717, 1.165) is 26.9 Å². The van der Waals surface area contributed by atoms with Crippen LogP contribution in [-0.2, 0) is 4.74 Å². The second-order valence-corrected chi connectivity index (χ2v) is 6.13. The zero-order valence-corrected chi connectivity index (χ0v) is 14.8. The first kappa shape index (κ1) is 16.4. The molecule has 4 heteroatoms. The summed E-state index contributed by atoms with van der Waals surface area (Å²) < 4.78 is 6.10. The maximum Gasteiger partial charge on any atom is 0.339 e. The standard InChI is InChI=1S/C20H16BrNO2/c1-2-24-20(23)16-12-18(14-6-4-3-5-7-14)19(22-13-16)15-8-10-17(21)11-9-15/h3-13H,2H2,1H3. The molecule has 0 atom stereocenters. The number of benzene rings is 2. The van der Waals surface area contributed by atoms with Gasteiger partial charge in [-0.2, -0.15) is 0 Å². The molecule has 0 saturated carbocycles. The van der Waals surface area contributed by atoms with Crippen LogP contribution in [0.2, 0.25) is 0 Å². The average molecular weight is 382 g/mol. The molecule has 3 rings (SSSR count). The fourth-order valence-electron chi connectivity index (χ4n) is 2.47. The maximum atomic E-state index is 12.1. The number of halogens is 1. The lowest BCUT2D eigenvalue weighted by Gasteiger charge is -2.11. The number of aromatic nitrogens is 1. The van der Waals surface area contributed by atoms with E-state index in [1.54, 1.807) is 13.1 Å². The van der Waals surface area contributed by atoms with Gasteiger partial charge < -0.3 is 4.74 Å². The van der Waals surface area contributed by atoms with Crippen molar-refractivity contribution in [3.63, 3.8) is 0 Å². The first-order chi connectivity index (χ1) is 11.7. The summed E-state index contributed by atoms with van der Waals surface area (Å²) in [6.45, 7) is 2.13. The highest BCUT2D eigenvalue weighted by Crippen LogP contribution is 2.31. The van der Waals surface area contributed by atoms with Gasteiger partial charge >= 0.3 is 5.97 Å². The Hall–Kier alpha value is -2.46. The third kappa shape index (κ3) is 3.54. The van der Waals surface area contributed by atoms with Crippen molar-refractivity contribution in [2.45, 2.75) is 6.92 Å². The molecule has 3 nitrogen and oxygen atoms in total. The predicted molar refractivity (Wildman–Crippen MR) is 98.8 cm³/mol. The molecule has 0 bridgehead atoms. The smallest absolute Gasteiger partial charge is 0.339 e. The summed E-state index contributed by atoms with van der Waals surface area (Å²) in [5, 5.41) is 0. The van der Waals surface area contributed by atoms with E-state index in [1.807, 2.05) is 60.7 Å². The first-order valence-corrected chi connectivity index (χ1v) is 8.47. The second-order valence-electron chi connectivity index (χ2n) is 5.21. The summed E-state index contributed by atoms with van der Waals surface area (Å²) in [7, 11) is 0. The van der Waals surface area contributed by atoms with Gasteiger partial charge in [-0.15, -0.1) is 0 Å². The second kappa shape index (κ2) is 7.41. The normalized spacial score (nSPS) is 10.4. The van der Waals surface area contributed by atoms with Gasteiger partial charge in [0.15, 0.2) is 0 Å². The number of carbonyl (C=O) groups excluding carboxylic acids is 1. The molecule has 0 amide bonds. The molecule has 3 aromatic rings. The van der Waals surface area contributed by atoms with Gasteiger partial charge in [0, 0.05) is 21.8 Å². The van der Waals surface area contributed by atoms with Gasteiger partial charge in [0.1, 0.15) is 0 Å². The molecule has 0 radical (unpaired) electrons. The van der Waals surface area contributed by atoms with Crippen LogP contribution in [0.25, 0.3) is 22.4 Å². The van der Waals surface area contributed by atoms with E-state index in [1.165, 1.54) is 0 Å². The van der Waals surface area contributed by atoms with Crippen LogP contribution in [0, 0.1) is 0 Å². The number of hydrogen-bond acceptors (Lipinski definition) is 3. The lowest BCUT2D eigenvalue weighted by Crippen LogP contribution is -2.06. The average Bonchev–Trinajstić information content (AvgIpc) is 2.63. The van der Waals surface area contributed by atoms with Gasteiger partial charge in [-0.25, -0.2) is 4.79 Å². The molecule has 0 saturated heterocycles. The van der Waals surface area contributed by atoms with Crippen molar-refractivity contribution < 1.29 is 9.53 Å². The molecule has 0 fully saturated rings. The Balaban J connectivity index is 2.14. The molecule has 1 heterocycles. The monoisotopic (exact) mass is 381 g/mol. The van der Waals surface area contributed by atoms with Crippen molar-refractivity contribution in [3.05, 3.63) is 76.9 Å². The molecular weight excluding hydrogens is 366 g/mol. The molecule has 120 valence electrons. The van der Waals surface area contributed by atoms with Crippen LogP contribution < -0.4 is 0 Å². The van der Waals surface area contributed by atoms with E-state index >= 15 is 0 Å². The van der Waals surface area contributed by atoms with Crippen molar-refractivity contribution in [2.75, 3.05) is 6.61 Å². The largest absolute Gasteiger partial charge is 0.462 e. The maximum absolute atomic E-state index is 12.1. The molecule has 0 spiro atoms. The Morgan fingerprint density at radius 1 is 1.04 bits per heavy atom. The lowest BCUT2D eigenvalue weighted by atomic mass is 9.98. The fraction of sp³-hybridized carbons (Fsp3) is 0.100. The number of ether oxygens (including phenoxy) is 1. The van der Waals surface area contributed by atoms with E-state index in [4.69, 9.17) is 4.74 Å². The van der Waals surface area contributed by atoms with Crippen LogP contribution in [0.3, 0.4) is 0 Å². The molecule has 0 aliphatic heterocycles. The van der Waals surface area contributed by atoms with Crippen LogP contribution in [0.4, 0.5) is 0 Å². The fourth-order valence-corrected chi connectivity index (χ4v) is 2.73. The summed E-state index contributed by atoms with van der Waals surface area (Å²) in [4.78, 5) is 16.6. The Bertz CT molecular complexity index is 845. The predicted octanol–water partition coefficient (Wildman–Crippen LogP) is 5.35. The molecule has 24 heavy (non-hydrogen) atoms. The van der Waals surface area contributed by atoms with Crippen LogP contribution in [-0.4, -0.2) is 17.6 Å². The number of hydrogen-bond donors (Lipinski definition) is 0. The van der Waals surface area contributed by atoms with E-state index in [9.17, 15) is 4.79 Å². The van der Waals surface area contributed by atoms with Crippen molar-refractivity contribution in [1.82, 2.24) is 4.98 Å². The number of carbonyl (C=O) groups is 1. The minimum absolute atomic E-state index is 0.341. The highest BCUT2D eigenvalue weighted by atomic mass is 79.9. The summed E-state index contributed by atoms with van der Waals surface area (Å²) in [6.07, 6.45) is 1.57. The molecule has 0 aliphatic carbocycles. The van der Waals surface area contributed by atoms with Gasteiger partial charge in [-0.1, -0.05) is 58.4 Å². The van der Waals surface area contributed by atoms with Crippen molar-refractivity contribution in [2.24, 2.45) is 0 Å². The topological polar surface area (TPSA) is 39.2 Å². The molecule has 0 unspecified atom stereocenters. The molecular formula is C20H16BrNO2. The highest BCUT2D eigenvalue weighted by Gasteiger charge is 2.14.